The average molecular weight is 498 g/mol. The number of aliphatic hydroxyl groups is 2. The maximum atomic E-state index is 13.3. The molecule has 10 nitrogen and oxygen atoms in total. The van der Waals surface area contributed by atoms with E-state index in [1.165, 1.54) is 12.8 Å². The van der Waals surface area contributed by atoms with E-state index in [1.807, 2.05) is 18.2 Å². The molecule has 192 valence electrons. The van der Waals surface area contributed by atoms with E-state index in [0.29, 0.717) is 11.1 Å². The van der Waals surface area contributed by atoms with Crippen molar-refractivity contribution in [3.63, 3.8) is 0 Å². The standard InChI is InChI=1S/C26H31N3O7/c27-25(33)22-17(10-21-24(23(22)32)36-13-35-21)16-9-19(30)20(31)11-18(16)28-26(34)15-5-3-4-14(8-15)12-29-6-1-2-7-29/h3-5,8,10,16,18-20,30-32H,1-2,6-7,9,11-13H2,(H2,27,33)(H,28,34)/t16?,18?,19-,20+/m0/s1. The fourth-order valence-electron chi connectivity index (χ4n) is 5.52. The van der Waals surface area contributed by atoms with Gasteiger partial charge in [0, 0.05) is 24.1 Å². The molecular weight excluding hydrogens is 466 g/mol. The smallest absolute Gasteiger partial charge is 0.252 e. The van der Waals surface area contributed by atoms with Gasteiger partial charge in [-0.3, -0.25) is 14.5 Å². The van der Waals surface area contributed by atoms with Crippen LogP contribution in [0.3, 0.4) is 0 Å². The van der Waals surface area contributed by atoms with E-state index in [-0.39, 0.29) is 42.6 Å². The van der Waals surface area contributed by atoms with Crippen molar-refractivity contribution in [3.05, 3.63) is 52.6 Å². The van der Waals surface area contributed by atoms with Crippen LogP contribution >= 0.6 is 0 Å². The molecule has 2 aromatic rings. The monoisotopic (exact) mass is 497 g/mol. The van der Waals surface area contributed by atoms with E-state index in [4.69, 9.17) is 15.2 Å². The van der Waals surface area contributed by atoms with Crippen LogP contribution in [0.25, 0.3) is 0 Å². The lowest BCUT2D eigenvalue weighted by molar-refractivity contribution is -0.0248. The molecule has 10 heteroatoms. The molecule has 36 heavy (non-hydrogen) atoms. The zero-order valence-electron chi connectivity index (χ0n) is 19.9. The van der Waals surface area contributed by atoms with Crippen LogP contribution in [-0.2, 0) is 6.54 Å². The van der Waals surface area contributed by atoms with Crippen LogP contribution in [0, 0.1) is 0 Å². The second kappa shape index (κ2) is 9.96. The SMILES string of the molecule is NC(=O)c1c(C2C[C@H](O)[C@H](O)CC2NC(=O)c2cccc(CN3CCCC3)c2)cc2c(c1O)OCO2. The van der Waals surface area contributed by atoms with Gasteiger partial charge in [-0.2, -0.15) is 0 Å². The Labute approximate surface area is 208 Å². The highest BCUT2D eigenvalue weighted by atomic mass is 16.7. The summed E-state index contributed by atoms with van der Waals surface area (Å²) in [5.41, 5.74) is 7.29. The van der Waals surface area contributed by atoms with E-state index in [9.17, 15) is 24.9 Å². The fraction of sp³-hybridized carbons (Fsp3) is 0.462. The number of nitrogens with two attached hydrogens (primary N) is 1. The highest BCUT2D eigenvalue weighted by Crippen LogP contribution is 2.48. The van der Waals surface area contributed by atoms with Gasteiger partial charge in [0.25, 0.3) is 11.8 Å². The minimum atomic E-state index is -1.08. The number of carbonyl (C=O) groups excluding carboxylic acids is 2. The lowest BCUT2D eigenvalue weighted by Gasteiger charge is -2.38. The van der Waals surface area contributed by atoms with E-state index in [1.54, 1.807) is 12.1 Å². The van der Waals surface area contributed by atoms with Gasteiger partial charge < -0.3 is 35.8 Å². The number of fused-ring (bicyclic) bond motifs is 1. The summed E-state index contributed by atoms with van der Waals surface area (Å²) in [6, 6.07) is 8.33. The molecule has 2 amide bonds. The number of rotatable bonds is 6. The summed E-state index contributed by atoms with van der Waals surface area (Å²) < 4.78 is 10.7. The molecule has 4 atom stereocenters. The summed E-state index contributed by atoms with van der Waals surface area (Å²) in [6.45, 7) is 2.75. The van der Waals surface area contributed by atoms with Gasteiger partial charge in [0.15, 0.2) is 11.5 Å². The van der Waals surface area contributed by atoms with Crippen molar-refractivity contribution in [3.8, 4) is 17.2 Å². The number of aromatic hydroxyl groups is 1. The van der Waals surface area contributed by atoms with Crippen molar-refractivity contribution in [2.24, 2.45) is 5.73 Å². The molecule has 1 saturated heterocycles. The third kappa shape index (κ3) is 4.71. The molecule has 1 saturated carbocycles. The minimum absolute atomic E-state index is 0.0272. The van der Waals surface area contributed by atoms with Crippen molar-refractivity contribution in [2.75, 3.05) is 19.9 Å². The van der Waals surface area contributed by atoms with Crippen LogP contribution in [0.4, 0.5) is 0 Å². The predicted molar refractivity (Wildman–Crippen MR) is 129 cm³/mol. The third-order valence-electron chi connectivity index (χ3n) is 7.35. The zero-order valence-corrected chi connectivity index (χ0v) is 19.9. The van der Waals surface area contributed by atoms with Gasteiger partial charge in [-0.15, -0.1) is 0 Å². The van der Waals surface area contributed by atoms with Gasteiger partial charge in [-0.1, -0.05) is 12.1 Å². The second-order valence-corrected chi connectivity index (χ2v) is 9.76. The molecule has 0 spiro atoms. The summed E-state index contributed by atoms with van der Waals surface area (Å²) in [7, 11) is 0. The number of nitrogens with one attached hydrogen (secondary N) is 1. The lowest BCUT2D eigenvalue weighted by atomic mass is 9.75. The van der Waals surface area contributed by atoms with Gasteiger partial charge in [-0.25, -0.2) is 0 Å². The topological polar surface area (TPSA) is 155 Å². The lowest BCUT2D eigenvalue weighted by Crippen LogP contribution is -2.49. The second-order valence-electron chi connectivity index (χ2n) is 9.76. The van der Waals surface area contributed by atoms with Crippen LogP contribution in [0.5, 0.6) is 17.2 Å². The van der Waals surface area contributed by atoms with Crippen molar-refractivity contribution < 1.29 is 34.4 Å². The number of nitrogens with zero attached hydrogens (tertiary/aromatic N) is 1. The molecule has 0 bridgehead atoms. The predicted octanol–water partition coefficient (Wildman–Crippen LogP) is 1.21. The number of carbonyl (C=O) groups is 2. The summed E-state index contributed by atoms with van der Waals surface area (Å²) in [5, 5.41) is 34.5. The van der Waals surface area contributed by atoms with E-state index >= 15 is 0 Å². The molecule has 2 aliphatic heterocycles. The van der Waals surface area contributed by atoms with Crippen LogP contribution in [0.1, 0.15) is 63.4 Å². The van der Waals surface area contributed by atoms with Crippen LogP contribution in [0.15, 0.2) is 30.3 Å². The first-order valence-electron chi connectivity index (χ1n) is 12.3. The Morgan fingerprint density at radius 3 is 2.58 bits per heavy atom. The third-order valence-corrected chi connectivity index (χ3v) is 7.35. The van der Waals surface area contributed by atoms with Crippen molar-refractivity contribution in [1.29, 1.82) is 0 Å². The normalized spacial score (nSPS) is 25.6. The van der Waals surface area contributed by atoms with Crippen molar-refractivity contribution in [1.82, 2.24) is 10.2 Å². The summed E-state index contributed by atoms with van der Waals surface area (Å²) in [4.78, 5) is 28.0. The maximum Gasteiger partial charge on any atom is 0.252 e. The molecule has 5 rings (SSSR count). The average Bonchev–Trinajstić information content (AvgIpc) is 3.53. The van der Waals surface area contributed by atoms with Gasteiger partial charge >= 0.3 is 0 Å². The van der Waals surface area contributed by atoms with Gasteiger partial charge in [0.1, 0.15) is 0 Å². The van der Waals surface area contributed by atoms with Gasteiger partial charge in [0.05, 0.1) is 17.8 Å². The maximum absolute atomic E-state index is 13.3. The minimum Gasteiger partial charge on any atom is -0.504 e. The molecule has 0 aromatic heterocycles. The first-order chi connectivity index (χ1) is 17.3. The quantitative estimate of drug-likeness (QED) is 0.399. The van der Waals surface area contributed by atoms with Crippen molar-refractivity contribution >= 4 is 11.8 Å². The first-order valence-corrected chi connectivity index (χ1v) is 12.3. The van der Waals surface area contributed by atoms with Crippen LogP contribution in [-0.4, -0.2) is 70.2 Å². The number of phenols is 1. The molecule has 2 aromatic carbocycles. The number of benzene rings is 2. The van der Waals surface area contributed by atoms with Gasteiger partial charge in [-0.05, 0) is 68.1 Å². The van der Waals surface area contributed by atoms with E-state index < -0.39 is 35.8 Å². The first kappa shape index (κ1) is 24.4. The molecule has 2 unspecified atom stereocenters. The number of primary amides is 1. The Morgan fingerprint density at radius 2 is 1.83 bits per heavy atom. The highest BCUT2D eigenvalue weighted by molar-refractivity contribution is 5.99. The van der Waals surface area contributed by atoms with Crippen LogP contribution in [0.2, 0.25) is 0 Å². The fourth-order valence-corrected chi connectivity index (χ4v) is 5.52. The number of hydrogen-bond acceptors (Lipinski definition) is 8. The Morgan fingerprint density at radius 1 is 1.08 bits per heavy atom. The Hall–Kier alpha value is -3.34. The molecule has 2 fully saturated rings. The number of likely N-dealkylation sites (tertiary alicyclic amines) is 1. The Bertz CT molecular complexity index is 1160. The zero-order chi connectivity index (χ0) is 25.4. The Kier molecular flexibility index (Phi) is 6.74. The van der Waals surface area contributed by atoms with Gasteiger partial charge in [0.2, 0.25) is 12.5 Å². The van der Waals surface area contributed by atoms with Crippen molar-refractivity contribution in [2.45, 2.75) is 56.4 Å². The van der Waals surface area contributed by atoms with E-state index in [2.05, 4.69) is 10.2 Å². The molecule has 3 aliphatic rings. The van der Waals surface area contributed by atoms with Crippen LogP contribution < -0.4 is 20.5 Å². The highest BCUT2D eigenvalue weighted by Gasteiger charge is 2.40. The molecule has 2 heterocycles. The molecule has 0 radical (unpaired) electrons. The summed E-state index contributed by atoms with van der Waals surface area (Å²) >= 11 is 0. The van der Waals surface area contributed by atoms with E-state index in [0.717, 1.165) is 25.2 Å². The summed E-state index contributed by atoms with van der Waals surface area (Å²) in [5.74, 6) is -1.99. The number of hydrogen-bond donors (Lipinski definition) is 5. The Balaban J connectivity index is 1.43. The molecular formula is C26H31N3O7. The number of amides is 2. The largest absolute Gasteiger partial charge is 0.504 e. The summed E-state index contributed by atoms with van der Waals surface area (Å²) in [6.07, 6.45) is 0.312. The number of aliphatic hydroxyl groups excluding tert-OH is 2. The number of ether oxygens (including phenoxy) is 2. The molecule has 6 N–H and O–H groups in total. The molecule has 1 aliphatic carbocycles.